The Morgan fingerprint density at radius 2 is 1.93 bits per heavy atom. The fourth-order valence-electron chi connectivity index (χ4n) is 2.93. The number of pyridine rings is 2. The largest absolute Gasteiger partial charge is 0.439 e. The number of nitrogens with zero attached hydrogens (tertiary/aromatic N) is 3. The van der Waals surface area contributed by atoms with Crippen molar-refractivity contribution >= 4 is 16.8 Å². The van der Waals surface area contributed by atoms with Gasteiger partial charge in [0.2, 0.25) is 5.88 Å². The van der Waals surface area contributed by atoms with Gasteiger partial charge in [-0.25, -0.2) is 9.97 Å². The Labute approximate surface area is 163 Å². The summed E-state index contributed by atoms with van der Waals surface area (Å²) in [6.07, 6.45) is -3.66. The molecule has 0 bridgehead atoms. The van der Waals surface area contributed by atoms with E-state index in [9.17, 15) is 18.0 Å². The van der Waals surface area contributed by atoms with E-state index in [4.69, 9.17) is 9.47 Å². The van der Waals surface area contributed by atoms with Crippen molar-refractivity contribution < 1.29 is 27.4 Å². The SMILES string of the molecule is COC1CN(C(=O)c2ccc3cc(Oc4ccc(C(F)(F)F)cn4)ccc3n2)C1. The zero-order valence-electron chi connectivity index (χ0n) is 15.3. The predicted octanol–water partition coefficient (Wildman–Crippen LogP) is 3.91. The standard InChI is InChI=1S/C20H16F3N3O3/c1-28-15-10-26(11-15)19(27)17-5-2-12-8-14(4-6-16(12)25-17)29-18-7-3-13(9-24-18)20(21,22)23/h2-9,15H,10-11H2,1H3. The molecule has 0 atom stereocenters. The van der Waals surface area contributed by atoms with Crippen molar-refractivity contribution in [3.63, 3.8) is 0 Å². The van der Waals surface area contributed by atoms with E-state index in [1.807, 2.05) is 0 Å². The number of carbonyl (C=O) groups excluding carboxylic acids is 1. The number of ether oxygens (including phenoxy) is 2. The molecule has 1 fully saturated rings. The molecule has 0 saturated carbocycles. The van der Waals surface area contributed by atoms with Crippen molar-refractivity contribution in [3.8, 4) is 11.6 Å². The van der Waals surface area contributed by atoms with Crippen LogP contribution >= 0.6 is 0 Å². The number of fused-ring (bicyclic) bond motifs is 1. The van der Waals surface area contributed by atoms with Gasteiger partial charge in [-0.05, 0) is 30.3 Å². The second-order valence-electron chi connectivity index (χ2n) is 6.60. The van der Waals surface area contributed by atoms with Gasteiger partial charge in [0, 0.05) is 37.8 Å². The Kier molecular flexibility index (Phi) is 4.83. The van der Waals surface area contributed by atoms with Gasteiger partial charge in [-0.1, -0.05) is 6.07 Å². The topological polar surface area (TPSA) is 64.5 Å². The fraction of sp³-hybridized carbons (Fsp3) is 0.250. The average molecular weight is 403 g/mol. The number of aromatic nitrogens is 2. The van der Waals surface area contributed by atoms with Crippen LogP contribution in [0.4, 0.5) is 13.2 Å². The summed E-state index contributed by atoms with van der Waals surface area (Å²) in [5.74, 6) is 0.286. The predicted molar refractivity (Wildman–Crippen MR) is 97.8 cm³/mol. The smallest absolute Gasteiger partial charge is 0.417 e. The first-order chi connectivity index (χ1) is 13.8. The number of methoxy groups -OCH3 is 1. The summed E-state index contributed by atoms with van der Waals surface area (Å²) in [7, 11) is 1.61. The molecule has 4 rings (SSSR count). The molecule has 1 aliphatic rings. The van der Waals surface area contributed by atoms with E-state index in [2.05, 4.69) is 9.97 Å². The van der Waals surface area contributed by atoms with Gasteiger partial charge in [0.1, 0.15) is 11.4 Å². The van der Waals surface area contributed by atoms with Crippen LogP contribution in [0.5, 0.6) is 11.6 Å². The number of rotatable bonds is 4. The van der Waals surface area contributed by atoms with Crippen molar-refractivity contribution in [1.29, 1.82) is 0 Å². The van der Waals surface area contributed by atoms with E-state index in [1.54, 1.807) is 42.3 Å². The van der Waals surface area contributed by atoms with Crippen LogP contribution in [0.3, 0.4) is 0 Å². The van der Waals surface area contributed by atoms with E-state index in [1.165, 1.54) is 0 Å². The number of alkyl halides is 3. The Morgan fingerprint density at radius 3 is 2.59 bits per heavy atom. The Balaban J connectivity index is 1.49. The van der Waals surface area contributed by atoms with Gasteiger partial charge in [0.25, 0.3) is 5.91 Å². The van der Waals surface area contributed by atoms with Crippen LogP contribution in [-0.2, 0) is 10.9 Å². The molecular formula is C20H16F3N3O3. The first kappa shape index (κ1) is 19.1. The number of halogens is 3. The highest BCUT2D eigenvalue weighted by Crippen LogP contribution is 2.30. The number of hydrogen-bond acceptors (Lipinski definition) is 5. The molecule has 0 unspecified atom stereocenters. The maximum absolute atomic E-state index is 12.6. The van der Waals surface area contributed by atoms with Crippen LogP contribution in [0.15, 0.2) is 48.7 Å². The Hall–Kier alpha value is -3.20. The first-order valence-corrected chi connectivity index (χ1v) is 8.77. The monoisotopic (exact) mass is 403 g/mol. The molecule has 0 aliphatic carbocycles. The zero-order chi connectivity index (χ0) is 20.6. The zero-order valence-corrected chi connectivity index (χ0v) is 15.3. The summed E-state index contributed by atoms with van der Waals surface area (Å²) < 4.78 is 48.5. The third kappa shape index (κ3) is 4.00. The summed E-state index contributed by atoms with van der Waals surface area (Å²) in [6, 6.07) is 10.4. The molecule has 2 aromatic heterocycles. The summed E-state index contributed by atoms with van der Waals surface area (Å²) in [5, 5.41) is 0.726. The van der Waals surface area contributed by atoms with Crippen LogP contribution < -0.4 is 4.74 Å². The quantitative estimate of drug-likeness (QED) is 0.661. The number of benzene rings is 1. The Morgan fingerprint density at radius 1 is 1.14 bits per heavy atom. The van der Waals surface area contributed by atoms with Crippen LogP contribution in [0.1, 0.15) is 16.1 Å². The minimum Gasteiger partial charge on any atom is -0.439 e. The average Bonchev–Trinajstić information content (AvgIpc) is 2.66. The lowest BCUT2D eigenvalue weighted by Crippen LogP contribution is -2.54. The normalized spacial score (nSPS) is 14.7. The van der Waals surface area contributed by atoms with Crippen molar-refractivity contribution in [3.05, 3.63) is 59.9 Å². The fourth-order valence-corrected chi connectivity index (χ4v) is 2.93. The lowest BCUT2D eigenvalue weighted by molar-refractivity contribution is -0.137. The molecule has 0 N–H and O–H groups in total. The van der Waals surface area contributed by atoms with Crippen molar-refractivity contribution in [2.75, 3.05) is 20.2 Å². The molecular weight excluding hydrogens is 387 g/mol. The maximum atomic E-state index is 12.6. The summed E-state index contributed by atoms with van der Waals surface area (Å²) >= 11 is 0. The van der Waals surface area contributed by atoms with Crippen LogP contribution in [-0.4, -0.2) is 47.1 Å². The van der Waals surface area contributed by atoms with Crippen LogP contribution in [0.2, 0.25) is 0 Å². The summed E-state index contributed by atoms with van der Waals surface area (Å²) in [5.41, 5.74) is 0.0984. The second-order valence-corrected chi connectivity index (χ2v) is 6.60. The molecule has 1 saturated heterocycles. The van der Waals surface area contributed by atoms with Gasteiger partial charge in [0.15, 0.2) is 0 Å². The van der Waals surface area contributed by atoms with Crippen molar-refractivity contribution in [2.24, 2.45) is 0 Å². The molecule has 1 aliphatic heterocycles. The highest BCUT2D eigenvalue weighted by atomic mass is 19.4. The molecule has 3 aromatic rings. The third-order valence-electron chi connectivity index (χ3n) is 4.63. The van der Waals surface area contributed by atoms with Gasteiger partial charge in [-0.2, -0.15) is 13.2 Å². The molecule has 150 valence electrons. The molecule has 3 heterocycles. The van der Waals surface area contributed by atoms with Gasteiger partial charge in [-0.15, -0.1) is 0 Å². The Bertz CT molecular complexity index is 1050. The van der Waals surface area contributed by atoms with E-state index >= 15 is 0 Å². The van der Waals surface area contributed by atoms with Crippen molar-refractivity contribution in [2.45, 2.75) is 12.3 Å². The molecule has 6 nitrogen and oxygen atoms in total. The van der Waals surface area contributed by atoms with E-state index in [0.717, 1.165) is 23.7 Å². The molecule has 0 spiro atoms. The molecule has 9 heteroatoms. The molecule has 1 aromatic carbocycles. The third-order valence-corrected chi connectivity index (χ3v) is 4.63. The lowest BCUT2D eigenvalue weighted by atomic mass is 10.1. The van der Waals surface area contributed by atoms with Crippen molar-refractivity contribution in [1.82, 2.24) is 14.9 Å². The first-order valence-electron chi connectivity index (χ1n) is 8.77. The van der Waals surface area contributed by atoms with Crippen LogP contribution in [0.25, 0.3) is 10.9 Å². The number of likely N-dealkylation sites (tertiary alicyclic amines) is 1. The minimum absolute atomic E-state index is 0.0441. The van der Waals surface area contributed by atoms with E-state index < -0.39 is 11.7 Å². The molecule has 1 amide bonds. The second kappa shape index (κ2) is 7.32. The lowest BCUT2D eigenvalue weighted by Gasteiger charge is -2.37. The van der Waals surface area contributed by atoms with E-state index in [0.29, 0.717) is 30.0 Å². The number of amides is 1. The number of carbonyl (C=O) groups is 1. The highest BCUT2D eigenvalue weighted by Gasteiger charge is 2.32. The number of hydrogen-bond donors (Lipinski definition) is 0. The van der Waals surface area contributed by atoms with Gasteiger partial charge < -0.3 is 14.4 Å². The van der Waals surface area contributed by atoms with E-state index in [-0.39, 0.29) is 17.9 Å². The van der Waals surface area contributed by atoms with Gasteiger partial charge in [0.05, 0.1) is 17.2 Å². The van der Waals surface area contributed by atoms with Crippen LogP contribution in [0, 0.1) is 0 Å². The molecule has 29 heavy (non-hydrogen) atoms. The maximum Gasteiger partial charge on any atom is 0.417 e. The highest BCUT2D eigenvalue weighted by molar-refractivity contribution is 5.95. The van der Waals surface area contributed by atoms with Gasteiger partial charge >= 0.3 is 6.18 Å². The summed E-state index contributed by atoms with van der Waals surface area (Å²) in [4.78, 5) is 22.2. The minimum atomic E-state index is -4.45. The van der Waals surface area contributed by atoms with Gasteiger partial charge in [-0.3, -0.25) is 4.79 Å². The summed E-state index contributed by atoms with van der Waals surface area (Å²) in [6.45, 7) is 1.09. The molecule has 0 radical (unpaired) electrons.